The van der Waals surface area contributed by atoms with Gasteiger partial charge in [-0.25, -0.2) is 4.98 Å². The molecule has 1 amide bonds. The van der Waals surface area contributed by atoms with Crippen LogP contribution in [0.15, 0.2) is 0 Å². The fourth-order valence-electron chi connectivity index (χ4n) is 3.48. The van der Waals surface area contributed by atoms with Gasteiger partial charge in [-0.2, -0.15) is 0 Å². The molecule has 5 nitrogen and oxygen atoms in total. The van der Waals surface area contributed by atoms with Crippen molar-refractivity contribution in [3.05, 3.63) is 10.6 Å². The Balaban J connectivity index is 1.70. The van der Waals surface area contributed by atoms with Gasteiger partial charge >= 0.3 is 5.97 Å². The summed E-state index contributed by atoms with van der Waals surface area (Å²) in [7, 11) is 0. The lowest BCUT2D eigenvalue weighted by molar-refractivity contribution is -0.145. The molecule has 0 spiro atoms. The van der Waals surface area contributed by atoms with Crippen molar-refractivity contribution in [3.8, 4) is 0 Å². The molecular formula is C15H20N2O3S. The molecule has 1 heterocycles. The molecule has 3 atom stereocenters. The lowest BCUT2D eigenvalue weighted by Gasteiger charge is -2.14. The van der Waals surface area contributed by atoms with E-state index >= 15 is 0 Å². The number of carbonyl (C=O) groups is 2. The van der Waals surface area contributed by atoms with Gasteiger partial charge in [-0.05, 0) is 38.0 Å². The van der Waals surface area contributed by atoms with Gasteiger partial charge in [0.25, 0.3) is 0 Å². The Morgan fingerprint density at radius 2 is 2.10 bits per heavy atom. The van der Waals surface area contributed by atoms with Gasteiger partial charge in [0.1, 0.15) is 0 Å². The van der Waals surface area contributed by atoms with Crippen molar-refractivity contribution >= 4 is 28.3 Å². The Labute approximate surface area is 127 Å². The minimum atomic E-state index is -0.854. The van der Waals surface area contributed by atoms with Crippen LogP contribution >= 0.6 is 11.3 Å². The van der Waals surface area contributed by atoms with E-state index in [1.54, 1.807) is 0 Å². The Morgan fingerprint density at radius 1 is 1.33 bits per heavy atom. The molecule has 3 unspecified atom stereocenters. The molecule has 0 saturated heterocycles. The first kappa shape index (κ1) is 14.5. The van der Waals surface area contributed by atoms with Crippen molar-refractivity contribution in [2.24, 2.45) is 17.8 Å². The van der Waals surface area contributed by atoms with Crippen molar-refractivity contribution in [1.82, 2.24) is 4.98 Å². The van der Waals surface area contributed by atoms with Gasteiger partial charge in [0.2, 0.25) is 5.91 Å². The Hall–Kier alpha value is -1.43. The number of nitrogens with one attached hydrogen (secondary N) is 1. The number of aryl methyl sites for hydroxylation is 2. The van der Waals surface area contributed by atoms with Gasteiger partial charge in [-0.1, -0.05) is 13.3 Å². The number of aliphatic carboxylic acids is 1. The topological polar surface area (TPSA) is 79.3 Å². The SMILES string of the molecule is CCC1CC(C(=O)O)C(C(=O)Nc2nc3c(s2)CCC3)C1. The predicted molar refractivity (Wildman–Crippen MR) is 80.4 cm³/mol. The van der Waals surface area contributed by atoms with E-state index in [4.69, 9.17) is 0 Å². The van der Waals surface area contributed by atoms with Crippen molar-refractivity contribution in [2.45, 2.75) is 45.4 Å². The molecule has 2 aliphatic rings. The zero-order chi connectivity index (χ0) is 15.0. The van der Waals surface area contributed by atoms with Crippen LogP contribution in [0.4, 0.5) is 5.13 Å². The number of carboxylic acid groups (broad SMARTS) is 1. The minimum absolute atomic E-state index is 0.175. The van der Waals surface area contributed by atoms with E-state index in [1.165, 1.54) is 16.2 Å². The highest BCUT2D eigenvalue weighted by Crippen LogP contribution is 2.39. The van der Waals surface area contributed by atoms with E-state index in [9.17, 15) is 14.7 Å². The zero-order valence-electron chi connectivity index (χ0n) is 12.1. The average Bonchev–Trinajstić information content (AvgIpc) is 3.10. The summed E-state index contributed by atoms with van der Waals surface area (Å²) in [6, 6.07) is 0. The maximum atomic E-state index is 12.4. The Morgan fingerprint density at radius 3 is 2.76 bits per heavy atom. The van der Waals surface area contributed by atoms with Crippen LogP contribution < -0.4 is 5.32 Å². The standard InChI is InChI=1S/C15H20N2O3S/c1-2-8-6-9(10(7-8)14(19)20)13(18)17-15-16-11-4-3-5-12(11)21-15/h8-10H,2-7H2,1H3,(H,19,20)(H,16,17,18). The monoisotopic (exact) mass is 308 g/mol. The number of aromatic nitrogens is 1. The lowest BCUT2D eigenvalue weighted by Crippen LogP contribution is -2.29. The fraction of sp³-hybridized carbons (Fsp3) is 0.667. The molecule has 2 aliphatic carbocycles. The highest BCUT2D eigenvalue weighted by Gasteiger charge is 2.42. The third-order valence-electron chi connectivity index (χ3n) is 4.72. The van der Waals surface area contributed by atoms with E-state index in [0.717, 1.165) is 31.4 Å². The van der Waals surface area contributed by atoms with Crippen LogP contribution in [0.3, 0.4) is 0 Å². The van der Waals surface area contributed by atoms with Crippen LogP contribution in [0, 0.1) is 17.8 Å². The molecule has 21 heavy (non-hydrogen) atoms. The summed E-state index contributed by atoms with van der Waals surface area (Å²) in [5, 5.41) is 12.8. The smallest absolute Gasteiger partial charge is 0.307 e. The van der Waals surface area contributed by atoms with Gasteiger partial charge in [0.15, 0.2) is 5.13 Å². The molecule has 1 aromatic heterocycles. The molecule has 0 aliphatic heterocycles. The van der Waals surface area contributed by atoms with Crippen molar-refractivity contribution < 1.29 is 14.7 Å². The number of amides is 1. The Kier molecular flexibility index (Phi) is 3.97. The second-order valence-corrected chi connectivity index (χ2v) is 7.11. The first-order valence-corrected chi connectivity index (χ1v) is 8.42. The second-order valence-electron chi connectivity index (χ2n) is 6.03. The molecule has 3 rings (SSSR count). The molecule has 1 fully saturated rings. The van der Waals surface area contributed by atoms with Gasteiger partial charge in [0.05, 0.1) is 17.5 Å². The number of anilines is 1. The second kappa shape index (κ2) is 5.75. The summed E-state index contributed by atoms with van der Waals surface area (Å²) in [6.45, 7) is 2.05. The van der Waals surface area contributed by atoms with Crippen LogP contribution in [0.25, 0.3) is 0 Å². The number of carboxylic acids is 1. The number of carbonyl (C=O) groups excluding carboxylic acids is 1. The van der Waals surface area contributed by atoms with Crippen LogP contribution in [-0.4, -0.2) is 22.0 Å². The third kappa shape index (κ3) is 2.81. The molecule has 1 saturated carbocycles. The summed E-state index contributed by atoms with van der Waals surface area (Å²) in [6.07, 6.45) is 5.38. The largest absolute Gasteiger partial charge is 0.481 e. The number of hydrogen-bond donors (Lipinski definition) is 2. The molecule has 1 aromatic rings. The molecule has 0 bridgehead atoms. The summed E-state index contributed by atoms with van der Waals surface area (Å²) in [4.78, 5) is 29.5. The van der Waals surface area contributed by atoms with E-state index in [-0.39, 0.29) is 5.91 Å². The highest BCUT2D eigenvalue weighted by atomic mass is 32.1. The summed E-state index contributed by atoms with van der Waals surface area (Å²) < 4.78 is 0. The molecule has 0 radical (unpaired) electrons. The summed E-state index contributed by atoms with van der Waals surface area (Å²) >= 11 is 1.53. The highest BCUT2D eigenvalue weighted by molar-refractivity contribution is 7.15. The van der Waals surface area contributed by atoms with Crippen molar-refractivity contribution in [1.29, 1.82) is 0 Å². The molecular weight excluding hydrogens is 288 g/mol. The fourth-order valence-corrected chi connectivity index (χ4v) is 4.53. The van der Waals surface area contributed by atoms with Crippen molar-refractivity contribution in [3.63, 3.8) is 0 Å². The maximum Gasteiger partial charge on any atom is 0.307 e. The Bertz CT molecular complexity index is 548. The number of fused-ring (bicyclic) bond motifs is 1. The first-order valence-electron chi connectivity index (χ1n) is 7.60. The lowest BCUT2D eigenvalue weighted by atomic mass is 9.95. The summed E-state index contributed by atoms with van der Waals surface area (Å²) in [5.74, 6) is -1.67. The van der Waals surface area contributed by atoms with Crippen LogP contribution in [0.1, 0.15) is 43.2 Å². The van der Waals surface area contributed by atoms with Crippen LogP contribution in [-0.2, 0) is 22.4 Å². The quantitative estimate of drug-likeness (QED) is 0.896. The predicted octanol–water partition coefficient (Wildman–Crippen LogP) is 2.71. The van der Waals surface area contributed by atoms with Gasteiger partial charge in [-0.15, -0.1) is 11.3 Å². The van der Waals surface area contributed by atoms with Gasteiger partial charge in [-0.3, -0.25) is 9.59 Å². The van der Waals surface area contributed by atoms with Crippen molar-refractivity contribution in [2.75, 3.05) is 5.32 Å². The number of rotatable bonds is 4. The number of nitrogens with zero attached hydrogens (tertiary/aromatic N) is 1. The average molecular weight is 308 g/mol. The van der Waals surface area contributed by atoms with Crippen LogP contribution in [0.5, 0.6) is 0 Å². The van der Waals surface area contributed by atoms with Crippen LogP contribution in [0.2, 0.25) is 0 Å². The summed E-state index contributed by atoms with van der Waals surface area (Å²) in [5.41, 5.74) is 1.10. The molecule has 6 heteroatoms. The number of hydrogen-bond acceptors (Lipinski definition) is 4. The van der Waals surface area contributed by atoms with Gasteiger partial charge < -0.3 is 10.4 Å². The minimum Gasteiger partial charge on any atom is -0.481 e. The molecule has 114 valence electrons. The van der Waals surface area contributed by atoms with E-state index in [1.807, 2.05) is 0 Å². The van der Waals surface area contributed by atoms with Gasteiger partial charge in [0, 0.05) is 4.88 Å². The molecule has 0 aromatic carbocycles. The van der Waals surface area contributed by atoms with E-state index in [2.05, 4.69) is 17.2 Å². The maximum absolute atomic E-state index is 12.4. The number of thiazole rings is 1. The zero-order valence-corrected chi connectivity index (χ0v) is 12.9. The van der Waals surface area contributed by atoms with E-state index < -0.39 is 17.8 Å². The van der Waals surface area contributed by atoms with E-state index in [0.29, 0.717) is 23.9 Å². The third-order valence-corrected chi connectivity index (χ3v) is 5.79. The first-order chi connectivity index (χ1) is 10.1. The normalized spacial score (nSPS) is 27.6. The molecule has 2 N–H and O–H groups in total.